The zero-order chi connectivity index (χ0) is 14.3. The van der Waals surface area contributed by atoms with Crippen molar-refractivity contribution in [3.05, 3.63) is 51.0 Å². The number of nitrogens with zero attached hydrogens (tertiary/aromatic N) is 1. The molecule has 0 atom stereocenters. The van der Waals surface area contributed by atoms with E-state index >= 15 is 0 Å². The van der Waals surface area contributed by atoms with Gasteiger partial charge in [-0.2, -0.15) is 13.2 Å². The number of ether oxygens (including phenoxy) is 1. The number of carbonyl (C=O) groups excluding carboxylic acids is 1. The molecule has 2 aromatic rings. The third-order valence-corrected chi connectivity index (χ3v) is 4.00. The first kappa shape index (κ1) is 13.3. The SMILES string of the molecule is O=C(c1ccc2c(c1)COC2)c1cnc(C(F)(F)F)s1. The first-order valence-corrected chi connectivity index (χ1v) is 6.54. The van der Waals surface area contributed by atoms with Crippen LogP contribution in [0.2, 0.25) is 0 Å². The second-order valence-electron chi connectivity index (χ2n) is 4.33. The van der Waals surface area contributed by atoms with Crippen LogP contribution < -0.4 is 0 Å². The Bertz CT molecular complexity index is 678. The van der Waals surface area contributed by atoms with Crippen molar-refractivity contribution in [3.63, 3.8) is 0 Å². The van der Waals surface area contributed by atoms with E-state index in [2.05, 4.69) is 4.98 Å². The van der Waals surface area contributed by atoms with Crippen LogP contribution in [0.25, 0.3) is 0 Å². The highest BCUT2D eigenvalue weighted by molar-refractivity contribution is 7.13. The number of rotatable bonds is 2. The Hall–Kier alpha value is -1.73. The van der Waals surface area contributed by atoms with Crippen molar-refractivity contribution in [2.24, 2.45) is 0 Å². The molecule has 2 heterocycles. The second-order valence-corrected chi connectivity index (χ2v) is 5.36. The molecule has 104 valence electrons. The number of thiazole rings is 1. The van der Waals surface area contributed by atoms with E-state index in [1.165, 1.54) is 0 Å². The summed E-state index contributed by atoms with van der Waals surface area (Å²) in [6.07, 6.45) is -3.55. The minimum atomic E-state index is -4.52. The van der Waals surface area contributed by atoms with Crippen molar-refractivity contribution in [2.75, 3.05) is 0 Å². The van der Waals surface area contributed by atoms with Crippen LogP contribution in [-0.4, -0.2) is 10.8 Å². The molecule has 3 nitrogen and oxygen atoms in total. The molecule has 0 fully saturated rings. The maximum atomic E-state index is 12.5. The monoisotopic (exact) mass is 299 g/mol. The van der Waals surface area contributed by atoms with Gasteiger partial charge in [-0.25, -0.2) is 4.98 Å². The van der Waals surface area contributed by atoms with Crippen LogP contribution in [0.4, 0.5) is 13.2 Å². The Kier molecular flexibility index (Phi) is 3.10. The molecular formula is C13H8F3NO2S. The summed E-state index contributed by atoms with van der Waals surface area (Å²) in [7, 11) is 0. The van der Waals surface area contributed by atoms with Gasteiger partial charge in [-0.15, -0.1) is 11.3 Å². The van der Waals surface area contributed by atoms with Gasteiger partial charge in [-0.05, 0) is 17.2 Å². The molecule has 1 aromatic heterocycles. The number of alkyl halides is 3. The van der Waals surface area contributed by atoms with Gasteiger partial charge in [-0.3, -0.25) is 4.79 Å². The third-order valence-electron chi connectivity index (χ3n) is 2.96. The largest absolute Gasteiger partial charge is 0.443 e. The van der Waals surface area contributed by atoms with Crippen LogP contribution in [0.5, 0.6) is 0 Å². The zero-order valence-corrected chi connectivity index (χ0v) is 10.8. The van der Waals surface area contributed by atoms with Crippen LogP contribution >= 0.6 is 11.3 Å². The van der Waals surface area contributed by atoms with E-state index in [1.807, 2.05) is 0 Å². The molecule has 1 aromatic carbocycles. The Balaban J connectivity index is 1.91. The average Bonchev–Trinajstić information content (AvgIpc) is 3.05. The first-order valence-electron chi connectivity index (χ1n) is 5.72. The summed E-state index contributed by atoms with van der Waals surface area (Å²) in [4.78, 5) is 15.4. The quantitative estimate of drug-likeness (QED) is 0.798. The van der Waals surface area contributed by atoms with Crippen molar-refractivity contribution in [3.8, 4) is 0 Å². The second kappa shape index (κ2) is 4.68. The molecule has 1 aliphatic rings. The normalized spacial score (nSPS) is 14.3. The maximum absolute atomic E-state index is 12.5. The average molecular weight is 299 g/mol. The summed E-state index contributed by atoms with van der Waals surface area (Å²) in [5.74, 6) is -0.451. The number of hydrogen-bond acceptors (Lipinski definition) is 4. The highest BCUT2D eigenvalue weighted by Crippen LogP contribution is 2.33. The smallest absolute Gasteiger partial charge is 0.372 e. The highest BCUT2D eigenvalue weighted by atomic mass is 32.1. The lowest BCUT2D eigenvalue weighted by molar-refractivity contribution is -0.137. The van der Waals surface area contributed by atoms with Crippen molar-refractivity contribution < 1.29 is 22.7 Å². The Morgan fingerprint density at radius 2 is 2.00 bits per heavy atom. The predicted molar refractivity (Wildman–Crippen MR) is 65.5 cm³/mol. The van der Waals surface area contributed by atoms with Gasteiger partial charge in [0.05, 0.1) is 18.1 Å². The summed E-state index contributed by atoms with van der Waals surface area (Å²) in [6, 6.07) is 5.03. The minimum Gasteiger partial charge on any atom is -0.372 e. The van der Waals surface area contributed by atoms with Crippen molar-refractivity contribution in [2.45, 2.75) is 19.4 Å². The van der Waals surface area contributed by atoms with Gasteiger partial charge in [0.2, 0.25) is 5.78 Å². The van der Waals surface area contributed by atoms with Crippen molar-refractivity contribution in [1.82, 2.24) is 4.98 Å². The molecule has 3 rings (SSSR count). The molecule has 0 unspecified atom stereocenters. The molecule has 0 aliphatic carbocycles. The predicted octanol–water partition coefficient (Wildman–Crippen LogP) is 3.42. The van der Waals surface area contributed by atoms with Crippen LogP contribution in [0, 0.1) is 0 Å². The molecule has 0 bridgehead atoms. The lowest BCUT2D eigenvalue weighted by atomic mass is 10.0. The zero-order valence-electron chi connectivity index (χ0n) is 10.0. The van der Waals surface area contributed by atoms with Crippen LogP contribution in [0.1, 0.15) is 31.4 Å². The highest BCUT2D eigenvalue weighted by Gasteiger charge is 2.35. The Morgan fingerprint density at radius 3 is 2.70 bits per heavy atom. The van der Waals surface area contributed by atoms with E-state index in [0.717, 1.165) is 17.3 Å². The number of carbonyl (C=O) groups is 1. The Morgan fingerprint density at radius 1 is 1.25 bits per heavy atom. The molecule has 0 spiro atoms. The van der Waals surface area contributed by atoms with Gasteiger partial charge in [0, 0.05) is 11.8 Å². The van der Waals surface area contributed by atoms with Gasteiger partial charge in [0.1, 0.15) is 0 Å². The molecule has 0 N–H and O–H groups in total. The van der Waals surface area contributed by atoms with Crippen LogP contribution in [-0.2, 0) is 24.1 Å². The van der Waals surface area contributed by atoms with Crippen LogP contribution in [0.3, 0.4) is 0 Å². The van der Waals surface area contributed by atoms with E-state index in [1.54, 1.807) is 18.2 Å². The molecule has 0 saturated heterocycles. The number of hydrogen-bond donors (Lipinski definition) is 0. The van der Waals surface area contributed by atoms with Gasteiger partial charge < -0.3 is 4.74 Å². The fourth-order valence-electron chi connectivity index (χ4n) is 1.97. The lowest BCUT2D eigenvalue weighted by Gasteiger charge is -2.01. The fourth-order valence-corrected chi connectivity index (χ4v) is 2.71. The van der Waals surface area contributed by atoms with Gasteiger partial charge in [0.15, 0.2) is 5.01 Å². The fraction of sp³-hybridized carbons (Fsp3) is 0.231. The number of benzene rings is 1. The van der Waals surface area contributed by atoms with E-state index in [-0.39, 0.29) is 4.88 Å². The summed E-state index contributed by atoms with van der Waals surface area (Å²) in [5, 5.41) is -1.01. The standard InChI is InChI=1S/C13H8F3NO2S/c14-13(15,16)12-17-4-10(20-12)11(18)7-1-2-8-5-19-6-9(8)3-7/h1-4H,5-6H2. The molecule has 0 amide bonds. The Labute approximate surface area is 116 Å². The van der Waals surface area contributed by atoms with Gasteiger partial charge >= 0.3 is 6.18 Å². The lowest BCUT2D eigenvalue weighted by Crippen LogP contribution is -2.03. The molecule has 0 radical (unpaired) electrons. The van der Waals surface area contributed by atoms with Crippen molar-refractivity contribution in [1.29, 1.82) is 0 Å². The summed E-state index contributed by atoms with van der Waals surface area (Å²) in [5.41, 5.74) is 2.25. The first-order chi connectivity index (χ1) is 9.45. The van der Waals surface area contributed by atoms with E-state index in [0.29, 0.717) is 30.1 Å². The molecule has 20 heavy (non-hydrogen) atoms. The van der Waals surface area contributed by atoms with E-state index in [4.69, 9.17) is 4.74 Å². The number of halogens is 3. The van der Waals surface area contributed by atoms with E-state index < -0.39 is 17.0 Å². The minimum absolute atomic E-state index is 0.0174. The topological polar surface area (TPSA) is 39.2 Å². The molecule has 1 aliphatic heterocycles. The van der Waals surface area contributed by atoms with E-state index in [9.17, 15) is 18.0 Å². The van der Waals surface area contributed by atoms with Crippen LogP contribution in [0.15, 0.2) is 24.4 Å². The maximum Gasteiger partial charge on any atom is 0.443 e. The summed E-state index contributed by atoms with van der Waals surface area (Å²) >= 11 is 0.359. The number of aromatic nitrogens is 1. The molecular weight excluding hydrogens is 291 g/mol. The van der Waals surface area contributed by atoms with Gasteiger partial charge in [-0.1, -0.05) is 12.1 Å². The summed E-state index contributed by atoms with van der Waals surface area (Å²) in [6.45, 7) is 0.926. The third kappa shape index (κ3) is 2.34. The van der Waals surface area contributed by atoms with Gasteiger partial charge in [0.25, 0.3) is 0 Å². The number of fused-ring (bicyclic) bond motifs is 1. The molecule has 0 saturated carbocycles. The number of ketones is 1. The molecule has 7 heteroatoms. The summed E-state index contributed by atoms with van der Waals surface area (Å²) < 4.78 is 42.6. The van der Waals surface area contributed by atoms with Crippen molar-refractivity contribution >= 4 is 17.1 Å².